The quantitative estimate of drug-likeness (QED) is 0.697. The molecule has 2 heterocycles. The summed E-state index contributed by atoms with van der Waals surface area (Å²) in [7, 11) is 0. The van der Waals surface area contributed by atoms with Crippen LogP contribution in [-0.2, 0) is 6.37 Å². The summed E-state index contributed by atoms with van der Waals surface area (Å²) in [5, 5.41) is -0.323. The lowest BCUT2D eigenvalue weighted by molar-refractivity contribution is 0.0389. The first kappa shape index (κ1) is 13.2. The number of nitrogens with zero attached hydrogens (tertiary/aromatic N) is 2. The number of alkyl halides is 1. The first-order valence-corrected chi connectivity index (χ1v) is 8.84. The molecule has 2 aromatic rings. The monoisotopic (exact) mass is 398 g/mol. The van der Waals surface area contributed by atoms with E-state index >= 15 is 4.39 Å². The van der Waals surface area contributed by atoms with Crippen molar-refractivity contribution in [3.63, 3.8) is 0 Å². The first-order valence-electron chi connectivity index (χ1n) is 11.5. The highest BCUT2D eigenvalue weighted by molar-refractivity contribution is 6.31. The van der Waals surface area contributed by atoms with Crippen LogP contribution in [0.3, 0.4) is 0 Å². The molecule has 1 aliphatic rings. The normalized spacial score (nSPS) is 23.9. The molecule has 1 fully saturated rings. The maximum Gasteiger partial charge on any atom is 0.253 e. The summed E-state index contributed by atoms with van der Waals surface area (Å²) in [6.07, 6.45) is -7.59. The number of aryl methyl sites for hydroxylation is 2. The lowest BCUT2D eigenvalue weighted by Gasteiger charge is -2.36. The van der Waals surface area contributed by atoms with Crippen LogP contribution in [0.4, 0.5) is 8.78 Å². The van der Waals surface area contributed by atoms with E-state index in [4.69, 9.17) is 19.8 Å². The van der Waals surface area contributed by atoms with E-state index in [0.717, 1.165) is 28.7 Å². The van der Waals surface area contributed by atoms with E-state index in [1.165, 1.54) is 12.3 Å². The third-order valence-corrected chi connectivity index (χ3v) is 4.53. The van der Waals surface area contributed by atoms with Gasteiger partial charge < -0.3 is 4.90 Å². The summed E-state index contributed by atoms with van der Waals surface area (Å²) >= 11 is 5.70. The van der Waals surface area contributed by atoms with Crippen LogP contribution in [0.15, 0.2) is 36.5 Å². The summed E-state index contributed by atoms with van der Waals surface area (Å²) in [6.45, 7) is 0.256. The molecule has 1 aliphatic heterocycles. The fourth-order valence-corrected chi connectivity index (χ4v) is 2.81. The van der Waals surface area contributed by atoms with Gasteiger partial charge in [-0.1, -0.05) is 17.7 Å². The Labute approximate surface area is 171 Å². The molecule has 1 aromatic heterocycles. The smallest absolute Gasteiger partial charge is 0.253 e. The zero-order valence-electron chi connectivity index (χ0n) is 20.7. The van der Waals surface area contributed by atoms with Gasteiger partial charge in [-0.05, 0) is 68.7 Å². The second-order valence-electron chi connectivity index (χ2n) is 6.34. The molecule has 0 bridgehead atoms. The molecule has 0 unspecified atom stereocenters. The van der Waals surface area contributed by atoms with Crippen molar-refractivity contribution in [2.45, 2.75) is 44.6 Å². The second-order valence-corrected chi connectivity index (χ2v) is 6.75. The molecule has 6 heteroatoms. The van der Waals surface area contributed by atoms with Gasteiger partial charge >= 0.3 is 0 Å². The molecule has 0 atom stereocenters. The standard InChI is InChI=1S/C21H23ClF2N2O/c1-15-4-6-17(25-14-15)3-2-8-21(24)9-11-26(12-10-21)20(27)16-5-7-19(23)18(22)13-16/h4-7,13-14H,2-3,8-12H2,1H3/i3D2,9D2,10D2. The van der Waals surface area contributed by atoms with Crippen LogP contribution in [0.5, 0.6) is 0 Å². The van der Waals surface area contributed by atoms with Crippen molar-refractivity contribution in [2.75, 3.05) is 13.1 Å². The third kappa shape index (κ3) is 5.04. The first-order chi connectivity index (χ1) is 15.1. The number of carbonyl (C=O) groups excluding carboxylic acids is 1. The van der Waals surface area contributed by atoms with Crippen LogP contribution < -0.4 is 0 Å². The van der Waals surface area contributed by atoms with Gasteiger partial charge in [-0.3, -0.25) is 9.78 Å². The van der Waals surface area contributed by atoms with Gasteiger partial charge in [0, 0.05) is 38.8 Å². The van der Waals surface area contributed by atoms with Gasteiger partial charge in [0.2, 0.25) is 0 Å². The summed E-state index contributed by atoms with van der Waals surface area (Å²) < 4.78 is 79.0. The summed E-state index contributed by atoms with van der Waals surface area (Å²) in [4.78, 5) is 17.6. The summed E-state index contributed by atoms with van der Waals surface area (Å²) in [5.41, 5.74) is -2.31. The zero-order chi connectivity index (χ0) is 24.8. The topological polar surface area (TPSA) is 33.2 Å². The Hall–Kier alpha value is -2.01. The average molecular weight is 399 g/mol. The lowest BCUT2D eigenvalue weighted by atomic mass is 9.87. The highest BCUT2D eigenvalue weighted by Crippen LogP contribution is 2.32. The van der Waals surface area contributed by atoms with E-state index in [0.29, 0.717) is 0 Å². The molecule has 0 spiro atoms. The summed E-state index contributed by atoms with van der Waals surface area (Å²) in [6, 6.07) is 6.25. The fraction of sp³-hybridized carbons (Fsp3) is 0.429. The molecule has 1 amide bonds. The maximum absolute atomic E-state index is 16.0. The van der Waals surface area contributed by atoms with Gasteiger partial charge in [-0.15, -0.1) is 0 Å². The Morgan fingerprint density at radius 3 is 2.74 bits per heavy atom. The number of halogens is 3. The van der Waals surface area contributed by atoms with Crippen molar-refractivity contribution in [1.29, 1.82) is 0 Å². The molecule has 1 saturated heterocycles. The van der Waals surface area contributed by atoms with E-state index < -0.39 is 62.4 Å². The minimum atomic E-state index is -3.07. The maximum atomic E-state index is 16.0. The van der Waals surface area contributed by atoms with E-state index in [1.807, 2.05) is 0 Å². The van der Waals surface area contributed by atoms with Gasteiger partial charge in [0.25, 0.3) is 5.91 Å². The van der Waals surface area contributed by atoms with Crippen molar-refractivity contribution in [1.82, 2.24) is 9.88 Å². The number of piperidine rings is 1. The van der Waals surface area contributed by atoms with Gasteiger partial charge in [0.1, 0.15) is 11.5 Å². The van der Waals surface area contributed by atoms with Gasteiger partial charge in [0.05, 0.1) is 5.02 Å². The fourth-order valence-electron chi connectivity index (χ4n) is 2.63. The number of benzene rings is 1. The van der Waals surface area contributed by atoms with Crippen molar-refractivity contribution in [3.8, 4) is 0 Å². The largest absolute Gasteiger partial charge is 0.338 e. The van der Waals surface area contributed by atoms with Crippen LogP contribution in [-0.4, -0.2) is 34.5 Å². The molecule has 3 rings (SSSR count). The minimum absolute atomic E-state index is 0.0404. The number of rotatable bonds is 5. The Morgan fingerprint density at radius 1 is 1.37 bits per heavy atom. The van der Waals surface area contributed by atoms with Crippen molar-refractivity contribution < 1.29 is 21.8 Å². The number of hydrogen-bond donors (Lipinski definition) is 0. The SMILES string of the molecule is [2H]C([2H])(CCC1(F)C([2H])([2H])CN(C(=O)c2ccc(F)c(Cl)c2)CC1([2H])[2H])c1ccc(C)cn1. The van der Waals surface area contributed by atoms with Gasteiger partial charge in [0.15, 0.2) is 0 Å². The number of amides is 1. The van der Waals surface area contributed by atoms with E-state index in [2.05, 4.69) is 4.98 Å². The van der Waals surface area contributed by atoms with E-state index in [-0.39, 0.29) is 16.3 Å². The number of carbonyl (C=O) groups is 1. The molecule has 3 nitrogen and oxygen atoms in total. The number of aromatic nitrogens is 1. The van der Waals surface area contributed by atoms with Crippen molar-refractivity contribution in [3.05, 3.63) is 64.2 Å². The Balaban J connectivity index is 1.83. The molecule has 1 aromatic carbocycles. The van der Waals surface area contributed by atoms with E-state index in [9.17, 15) is 9.18 Å². The highest BCUT2D eigenvalue weighted by atomic mass is 35.5. The zero-order valence-corrected chi connectivity index (χ0v) is 15.5. The van der Waals surface area contributed by atoms with Crippen molar-refractivity contribution in [2.24, 2.45) is 0 Å². The van der Waals surface area contributed by atoms with Gasteiger partial charge in [-0.2, -0.15) is 0 Å². The third-order valence-electron chi connectivity index (χ3n) is 4.24. The Bertz CT molecular complexity index is 1030. The lowest BCUT2D eigenvalue weighted by Crippen LogP contribution is -2.44. The average Bonchev–Trinajstić information content (AvgIpc) is 2.72. The predicted octanol–water partition coefficient (Wildman–Crippen LogP) is 5.15. The van der Waals surface area contributed by atoms with Gasteiger partial charge in [-0.25, -0.2) is 8.78 Å². The molecular weight excluding hydrogens is 370 g/mol. The van der Waals surface area contributed by atoms with Crippen LogP contribution in [0, 0.1) is 12.7 Å². The van der Waals surface area contributed by atoms with Crippen LogP contribution >= 0.6 is 11.6 Å². The van der Waals surface area contributed by atoms with Crippen molar-refractivity contribution >= 4 is 17.5 Å². The molecule has 27 heavy (non-hydrogen) atoms. The molecule has 144 valence electrons. The number of pyridine rings is 1. The number of likely N-dealkylation sites (tertiary alicyclic amines) is 1. The highest BCUT2D eigenvalue weighted by Gasteiger charge is 2.35. The molecule has 0 N–H and O–H groups in total. The molecule has 0 aliphatic carbocycles. The molecule has 0 radical (unpaired) electrons. The Morgan fingerprint density at radius 2 is 2.11 bits per heavy atom. The van der Waals surface area contributed by atoms with E-state index in [1.54, 1.807) is 13.0 Å². The van der Waals surface area contributed by atoms with Crippen LogP contribution in [0.25, 0.3) is 0 Å². The molecule has 0 saturated carbocycles. The number of hydrogen-bond acceptors (Lipinski definition) is 2. The Kier molecular flexibility index (Phi) is 4.08. The summed E-state index contributed by atoms with van der Waals surface area (Å²) in [5.74, 6) is -1.57. The minimum Gasteiger partial charge on any atom is -0.338 e. The van der Waals surface area contributed by atoms with Crippen LogP contribution in [0.2, 0.25) is 5.02 Å². The van der Waals surface area contributed by atoms with Crippen LogP contribution in [0.1, 0.15) is 55.4 Å². The second kappa shape index (κ2) is 8.34. The molecular formula is C21H23ClF2N2O. The predicted molar refractivity (Wildman–Crippen MR) is 102 cm³/mol.